The molecule has 2 aromatic carbocycles. The van der Waals surface area contributed by atoms with Gasteiger partial charge in [0.15, 0.2) is 0 Å². The van der Waals surface area contributed by atoms with Gasteiger partial charge in [-0.05, 0) is 36.4 Å². The van der Waals surface area contributed by atoms with Gasteiger partial charge >= 0.3 is 0 Å². The second-order valence-corrected chi connectivity index (χ2v) is 6.11. The van der Waals surface area contributed by atoms with E-state index in [2.05, 4.69) is 30.5 Å². The van der Waals surface area contributed by atoms with Crippen LogP contribution >= 0.6 is 0 Å². The summed E-state index contributed by atoms with van der Waals surface area (Å²) in [6.07, 6.45) is 3.49. The molecular weight excluding hydrogens is 340 g/mol. The van der Waals surface area contributed by atoms with Crippen LogP contribution in [0.1, 0.15) is 10.6 Å². The van der Waals surface area contributed by atoms with E-state index in [0.717, 1.165) is 22.2 Å². The predicted octanol–water partition coefficient (Wildman–Crippen LogP) is 3.75. The molecule has 0 saturated heterocycles. The van der Waals surface area contributed by atoms with E-state index in [-0.39, 0.29) is 11.7 Å². The molecule has 0 fully saturated rings. The van der Waals surface area contributed by atoms with Crippen LogP contribution in [0.3, 0.4) is 0 Å². The van der Waals surface area contributed by atoms with E-state index in [1.807, 2.05) is 54.6 Å². The molecule has 3 aromatic heterocycles. The van der Waals surface area contributed by atoms with E-state index in [9.17, 15) is 4.79 Å². The maximum absolute atomic E-state index is 12.4. The summed E-state index contributed by atoms with van der Waals surface area (Å²) >= 11 is 0. The molecule has 0 radical (unpaired) electrons. The summed E-state index contributed by atoms with van der Waals surface area (Å²) < 4.78 is 0. The van der Waals surface area contributed by atoms with Gasteiger partial charge in [0.1, 0.15) is 0 Å². The number of anilines is 1. The smallest absolute Gasteiger partial charge is 0.293 e. The zero-order chi connectivity index (χ0) is 18.2. The summed E-state index contributed by atoms with van der Waals surface area (Å²) in [5.74, 6) is -0.182. The number of hydrogen-bond donors (Lipinski definition) is 3. The maximum atomic E-state index is 12.4. The third-order valence-electron chi connectivity index (χ3n) is 4.36. The van der Waals surface area contributed by atoms with Gasteiger partial charge in [-0.25, -0.2) is 9.97 Å². The number of carbonyl (C=O) groups excluding carboxylic acids is 1. The maximum Gasteiger partial charge on any atom is 0.293 e. The van der Waals surface area contributed by atoms with Crippen molar-refractivity contribution >= 4 is 33.5 Å². The number of nitrogens with zero attached hydrogens (tertiary/aromatic N) is 3. The topological polar surface area (TPSA) is 99.3 Å². The van der Waals surface area contributed by atoms with Gasteiger partial charge in [-0.2, -0.15) is 0 Å². The van der Waals surface area contributed by atoms with Crippen molar-refractivity contribution in [2.45, 2.75) is 0 Å². The van der Waals surface area contributed by atoms with Gasteiger partial charge < -0.3 is 10.4 Å². The highest BCUT2D eigenvalue weighted by atomic mass is 16.2. The van der Waals surface area contributed by atoms with Gasteiger partial charge in [-0.3, -0.25) is 14.9 Å². The third kappa shape index (κ3) is 2.71. The molecule has 3 heterocycles. The number of nitrogens with one attached hydrogen (secondary N) is 3. The van der Waals surface area contributed by atoms with Gasteiger partial charge in [0.05, 0.1) is 22.2 Å². The van der Waals surface area contributed by atoms with E-state index in [1.54, 1.807) is 12.4 Å². The number of imidazole rings is 1. The Morgan fingerprint density at radius 3 is 2.41 bits per heavy atom. The molecule has 0 aliphatic carbocycles. The lowest BCUT2D eigenvalue weighted by Gasteiger charge is -2.00. The van der Waals surface area contributed by atoms with E-state index in [1.165, 1.54) is 0 Å². The Balaban J connectivity index is 1.55. The summed E-state index contributed by atoms with van der Waals surface area (Å²) in [7, 11) is 0. The molecule has 3 N–H and O–H groups in total. The normalized spacial score (nSPS) is 11.1. The summed E-state index contributed by atoms with van der Waals surface area (Å²) in [5, 5.41) is 10.1. The minimum absolute atomic E-state index is 0.149. The predicted molar refractivity (Wildman–Crippen MR) is 103 cm³/mol. The van der Waals surface area contributed by atoms with Crippen LogP contribution in [-0.2, 0) is 0 Å². The Morgan fingerprint density at radius 2 is 1.63 bits per heavy atom. The van der Waals surface area contributed by atoms with E-state index in [4.69, 9.17) is 0 Å². The van der Waals surface area contributed by atoms with Crippen molar-refractivity contribution < 1.29 is 4.79 Å². The number of H-pyrrole nitrogens is 2. The van der Waals surface area contributed by atoms with Gasteiger partial charge in [-0.1, -0.05) is 18.2 Å². The number of benzene rings is 2. The SMILES string of the molecule is O=C(Nc1ccccc1)c1nc2cc3[nH][nH]c(-c4ccncc4)c3cc2n1. The molecule has 5 rings (SSSR count). The second kappa shape index (κ2) is 6.06. The molecule has 1 amide bonds. The Hall–Kier alpha value is -4.00. The van der Waals surface area contributed by atoms with Crippen molar-refractivity contribution in [3.8, 4) is 11.3 Å². The summed E-state index contributed by atoms with van der Waals surface area (Å²) in [6.45, 7) is 0. The first kappa shape index (κ1) is 15.3. The summed E-state index contributed by atoms with van der Waals surface area (Å²) in [6, 6.07) is 16.9. The number of fused-ring (bicyclic) bond motifs is 2. The molecular formula is C20H14N6O. The van der Waals surface area contributed by atoms with Crippen LogP contribution in [0, 0.1) is 0 Å². The van der Waals surface area contributed by atoms with E-state index < -0.39 is 0 Å². The van der Waals surface area contributed by atoms with Gasteiger partial charge in [0.2, 0.25) is 5.82 Å². The van der Waals surface area contributed by atoms with Gasteiger partial charge in [0, 0.05) is 29.0 Å². The molecule has 0 aliphatic heterocycles. The fourth-order valence-corrected chi connectivity index (χ4v) is 3.07. The largest absolute Gasteiger partial charge is 0.319 e. The zero-order valence-corrected chi connectivity index (χ0v) is 14.1. The third-order valence-corrected chi connectivity index (χ3v) is 4.36. The molecule has 7 nitrogen and oxygen atoms in total. The molecule has 5 aromatic rings. The molecule has 0 spiro atoms. The minimum atomic E-state index is -0.331. The second-order valence-electron chi connectivity index (χ2n) is 6.11. The molecule has 130 valence electrons. The van der Waals surface area contributed by atoms with E-state index >= 15 is 0 Å². The molecule has 0 aliphatic rings. The van der Waals surface area contributed by atoms with Crippen molar-refractivity contribution in [1.29, 1.82) is 0 Å². The molecule has 7 heteroatoms. The van der Waals surface area contributed by atoms with Crippen molar-refractivity contribution in [2.75, 3.05) is 5.32 Å². The van der Waals surface area contributed by atoms with Gasteiger partial charge in [-0.15, -0.1) is 0 Å². The average Bonchev–Trinajstić information content (AvgIpc) is 3.31. The highest BCUT2D eigenvalue weighted by molar-refractivity contribution is 6.05. The highest BCUT2D eigenvalue weighted by Crippen LogP contribution is 2.28. The number of carbonyl (C=O) groups is 1. The van der Waals surface area contributed by atoms with Crippen LogP contribution in [0.5, 0.6) is 0 Å². The highest BCUT2D eigenvalue weighted by Gasteiger charge is 2.15. The number of hydrogen-bond acceptors (Lipinski definition) is 4. The Kier molecular flexibility index (Phi) is 3.43. The quantitative estimate of drug-likeness (QED) is 0.459. The Labute approximate surface area is 153 Å². The van der Waals surface area contributed by atoms with Crippen LogP contribution < -0.4 is 5.32 Å². The van der Waals surface area contributed by atoms with Crippen molar-refractivity contribution in [3.63, 3.8) is 0 Å². The fourth-order valence-electron chi connectivity index (χ4n) is 3.07. The monoisotopic (exact) mass is 354 g/mol. The number of pyridine rings is 1. The number of amides is 1. The lowest BCUT2D eigenvalue weighted by Crippen LogP contribution is -2.13. The first-order valence-corrected chi connectivity index (χ1v) is 8.42. The lowest BCUT2D eigenvalue weighted by molar-refractivity contribution is 0.101. The van der Waals surface area contributed by atoms with Crippen LogP contribution in [0.25, 0.3) is 33.2 Å². The first-order chi connectivity index (χ1) is 13.3. The van der Waals surface area contributed by atoms with Gasteiger partial charge in [0.25, 0.3) is 5.91 Å². The molecule has 27 heavy (non-hydrogen) atoms. The molecule has 0 bridgehead atoms. The van der Waals surface area contributed by atoms with Crippen LogP contribution in [0.2, 0.25) is 0 Å². The fraction of sp³-hybridized carbons (Fsp3) is 0. The number of para-hydroxylation sites is 1. The van der Waals surface area contributed by atoms with Crippen molar-refractivity contribution in [2.24, 2.45) is 0 Å². The number of rotatable bonds is 3. The van der Waals surface area contributed by atoms with Crippen LogP contribution in [0.15, 0.2) is 67.0 Å². The Bertz CT molecular complexity index is 1260. The molecule has 0 unspecified atom stereocenters. The lowest BCUT2D eigenvalue weighted by atomic mass is 10.1. The number of aromatic amines is 2. The summed E-state index contributed by atoms with van der Waals surface area (Å²) in [5.41, 5.74) is 4.88. The minimum Gasteiger partial charge on any atom is -0.319 e. The molecule has 0 atom stereocenters. The van der Waals surface area contributed by atoms with Crippen molar-refractivity contribution in [3.05, 3.63) is 72.8 Å². The zero-order valence-electron chi connectivity index (χ0n) is 14.1. The first-order valence-electron chi connectivity index (χ1n) is 8.42. The number of aromatic nitrogens is 5. The van der Waals surface area contributed by atoms with Crippen LogP contribution in [0.4, 0.5) is 5.69 Å². The van der Waals surface area contributed by atoms with E-state index in [0.29, 0.717) is 16.7 Å². The summed E-state index contributed by atoms with van der Waals surface area (Å²) in [4.78, 5) is 25.3. The standard InChI is InChI=1S/C20H14N6O/c27-20(22-13-4-2-1-3-5-13)19-23-16-10-14-15(11-17(16)24-19)25-26-18(14)12-6-8-21-9-7-12/h1-11,25-26H,(H,22,27). The Morgan fingerprint density at radius 1 is 0.889 bits per heavy atom. The van der Waals surface area contributed by atoms with Crippen molar-refractivity contribution in [1.82, 2.24) is 25.1 Å². The average molecular weight is 354 g/mol. The van der Waals surface area contributed by atoms with Crippen LogP contribution in [-0.4, -0.2) is 31.1 Å². The molecule has 0 saturated carbocycles.